The number of nitrogens with one attached hydrogen (secondary N) is 1. The Kier molecular flexibility index (Phi) is 5.43. The van der Waals surface area contributed by atoms with Gasteiger partial charge >= 0.3 is 12.3 Å². The topological polar surface area (TPSA) is 51.2 Å². The van der Waals surface area contributed by atoms with Crippen molar-refractivity contribution < 1.29 is 35.9 Å². The van der Waals surface area contributed by atoms with Crippen LogP contribution in [0.15, 0.2) is 42.5 Å². The largest absolute Gasteiger partial charge is 0.439 e. The highest BCUT2D eigenvalue weighted by Crippen LogP contribution is 2.38. The highest BCUT2D eigenvalue weighted by atomic mass is 19.4. The number of halogens is 6. The molecule has 0 bridgehead atoms. The minimum Gasteiger partial charge on any atom is -0.428 e. The van der Waals surface area contributed by atoms with Crippen molar-refractivity contribution in [3.05, 3.63) is 53.9 Å². The predicted octanol–water partition coefficient (Wildman–Crippen LogP) is 4.51. The van der Waals surface area contributed by atoms with Gasteiger partial charge in [-0.05, 0) is 31.2 Å². The van der Waals surface area contributed by atoms with Crippen molar-refractivity contribution in [3.8, 4) is 5.75 Å². The summed E-state index contributed by atoms with van der Waals surface area (Å²) in [4.78, 5) is 16.0. The molecule has 2 rings (SSSR count). The summed E-state index contributed by atoms with van der Waals surface area (Å²) in [5, 5.41) is 2.19. The van der Waals surface area contributed by atoms with Crippen molar-refractivity contribution in [1.29, 1.82) is 0 Å². The Labute approximate surface area is 143 Å². The smallest absolute Gasteiger partial charge is 0.428 e. The molecule has 0 radical (unpaired) electrons. The number of nitrogens with zero attached hydrogens (tertiary/aromatic N) is 1. The van der Waals surface area contributed by atoms with E-state index < -0.39 is 30.1 Å². The fourth-order valence-electron chi connectivity index (χ4n) is 1.90. The maximum absolute atomic E-state index is 13.4. The lowest BCUT2D eigenvalue weighted by molar-refractivity contribution is -0.304. The Morgan fingerprint density at radius 1 is 1.08 bits per heavy atom. The van der Waals surface area contributed by atoms with E-state index in [1.807, 2.05) is 0 Å². The minimum atomic E-state index is -5.81. The predicted molar refractivity (Wildman–Crippen MR) is 79.9 cm³/mol. The number of aromatic nitrogens is 1. The molecule has 1 aromatic heterocycles. The van der Waals surface area contributed by atoms with E-state index in [9.17, 15) is 31.1 Å². The van der Waals surface area contributed by atoms with Crippen LogP contribution in [0.4, 0.5) is 32.0 Å². The van der Waals surface area contributed by atoms with Gasteiger partial charge in [0.1, 0.15) is 11.4 Å². The van der Waals surface area contributed by atoms with E-state index in [-0.39, 0.29) is 11.4 Å². The van der Waals surface area contributed by atoms with Crippen molar-refractivity contribution in [2.24, 2.45) is 0 Å². The van der Waals surface area contributed by atoms with E-state index in [4.69, 9.17) is 0 Å². The maximum atomic E-state index is 13.4. The normalized spacial score (nSPS) is 13.2. The summed E-state index contributed by atoms with van der Waals surface area (Å²) in [5.41, 5.74) is 0.0965. The highest BCUT2D eigenvalue weighted by molar-refractivity contribution is 6.03. The summed E-state index contributed by atoms with van der Waals surface area (Å²) in [7, 11) is 0. The first kappa shape index (κ1) is 19.5. The second-order valence-corrected chi connectivity index (χ2v) is 5.18. The Bertz CT molecular complexity index is 794. The average Bonchev–Trinajstić information content (AvgIpc) is 2.55. The lowest BCUT2D eigenvalue weighted by Crippen LogP contribution is -2.45. The number of anilines is 1. The summed E-state index contributed by atoms with van der Waals surface area (Å²) in [6.45, 7) is 1.62. The monoisotopic (exact) mass is 378 g/mol. The quantitative estimate of drug-likeness (QED) is 0.779. The summed E-state index contributed by atoms with van der Waals surface area (Å²) >= 11 is 0. The van der Waals surface area contributed by atoms with E-state index in [0.29, 0.717) is 5.69 Å². The summed E-state index contributed by atoms with van der Waals surface area (Å²) in [6, 6.07) is 8.98. The van der Waals surface area contributed by atoms with Crippen LogP contribution >= 0.6 is 0 Å². The van der Waals surface area contributed by atoms with Gasteiger partial charge in [0.2, 0.25) is 0 Å². The zero-order valence-corrected chi connectivity index (χ0v) is 13.2. The van der Waals surface area contributed by atoms with Crippen molar-refractivity contribution >= 4 is 11.6 Å². The molecule has 1 atom stereocenters. The van der Waals surface area contributed by atoms with Crippen molar-refractivity contribution in [2.75, 3.05) is 5.32 Å². The number of hydrogen-bond donors (Lipinski definition) is 1. The molecule has 1 aromatic carbocycles. The van der Waals surface area contributed by atoms with Gasteiger partial charge in [-0.25, -0.2) is 9.37 Å². The highest BCUT2D eigenvalue weighted by Gasteiger charge is 2.59. The molecule has 1 amide bonds. The van der Waals surface area contributed by atoms with E-state index >= 15 is 0 Å². The zero-order chi connectivity index (χ0) is 19.5. The van der Waals surface area contributed by atoms with Crippen molar-refractivity contribution in [3.63, 3.8) is 0 Å². The van der Waals surface area contributed by atoms with Crippen molar-refractivity contribution in [1.82, 2.24) is 4.98 Å². The Morgan fingerprint density at radius 2 is 1.73 bits per heavy atom. The number of amides is 1. The maximum Gasteiger partial charge on any atom is 0.439 e. The summed E-state index contributed by atoms with van der Waals surface area (Å²) in [5.74, 6) is -1.63. The number of carbonyl (C=O) groups is 1. The zero-order valence-electron chi connectivity index (χ0n) is 13.2. The molecule has 140 valence electrons. The number of aryl methyl sites for hydroxylation is 1. The van der Waals surface area contributed by atoms with Crippen LogP contribution in [-0.4, -0.2) is 29.3 Å². The van der Waals surface area contributed by atoms with Crippen LogP contribution in [0.2, 0.25) is 0 Å². The Morgan fingerprint density at radius 3 is 2.35 bits per heavy atom. The first-order valence-electron chi connectivity index (χ1n) is 7.12. The third-order valence-electron chi connectivity index (χ3n) is 3.08. The first-order valence-corrected chi connectivity index (χ1v) is 7.12. The lowest BCUT2D eigenvalue weighted by Gasteiger charge is -2.24. The molecule has 0 aliphatic rings. The van der Waals surface area contributed by atoms with Gasteiger partial charge in [-0.3, -0.25) is 4.79 Å². The van der Waals surface area contributed by atoms with Gasteiger partial charge in [0.15, 0.2) is 0 Å². The molecule has 0 saturated carbocycles. The molecule has 0 spiro atoms. The number of alkyl halides is 6. The van der Waals surface area contributed by atoms with E-state index in [1.165, 1.54) is 24.3 Å². The van der Waals surface area contributed by atoms with Crippen LogP contribution in [-0.2, 0) is 0 Å². The van der Waals surface area contributed by atoms with Crippen LogP contribution in [0.3, 0.4) is 0 Å². The number of ether oxygens (including phenoxy) is 1. The summed E-state index contributed by atoms with van der Waals surface area (Å²) in [6.07, 6.45) is -15.5. The number of rotatable bonds is 5. The molecule has 1 N–H and O–H groups in total. The number of hydrogen-bond acceptors (Lipinski definition) is 3. The van der Waals surface area contributed by atoms with Crippen LogP contribution in [0, 0.1) is 6.92 Å². The van der Waals surface area contributed by atoms with Gasteiger partial charge < -0.3 is 10.1 Å². The second kappa shape index (κ2) is 7.22. The number of para-hydroxylation sites is 2. The molecule has 0 unspecified atom stereocenters. The van der Waals surface area contributed by atoms with Crippen LogP contribution < -0.4 is 10.1 Å². The van der Waals surface area contributed by atoms with Gasteiger partial charge in [0.25, 0.3) is 12.1 Å². The van der Waals surface area contributed by atoms with Crippen LogP contribution in [0.25, 0.3) is 0 Å². The SMILES string of the molecule is Cc1cccc(C(=O)Nc2ccccc2OC(F)(F)[C@@H](F)C(F)(F)F)n1. The fraction of sp³-hybridized carbons (Fsp3) is 0.250. The van der Waals surface area contributed by atoms with E-state index in [0.717, 1.165) is 12.1 Å². The molecular weight excluding hydrogens is 366 g/mol. The first-order chi connectivity index (χ1) is 12.0. The second-order valence-electron chi connectivity index (χ2n) is 5.18. The molecule has 4 nitrogen and oxygen atoms in total. The molecule has 2 aromatic rings. The average molecular weight is 378 g/mol. The molecule has 0 fully saturated rings. The van der Waals surface area contributed by atoms with Crippen LogP contribution in [0.5, 0.6) is 5.75 Å². The third-order valence-corrected chi connectivity index (χ3v) is 3.08. The molecule has 0 aliphatic carbocycles. The minimum absolute atomic E-state index is 0.0507. The van der Waals surface area contributed by atoms with Crippen molar-refractivity contribution in [2.45, 2.75) is 25.4 Å². The van der Waals surface area contributed by atoms with Gasteiger partial charge in [0.05, 0.1) is 5.69 Å². The molecule has 0 aliphatic heterocycles. The molecular formula is C16H12F6N2O2. The molecule has 10 heteroatoms. The number of pyridine rings is 1. The Hall–Kier alpha value is -2.78. The molecule has 0 saturated heterocycles. The molecule has 26 heavy (non-hydrogen) atoms. The number of benzene rings is 1. The van der Waals surface area contributed by atoms with Gasteiger partial charge in [-0.2, -0.15) is 22.0 Å². The Balaban J connectivity index is 2.24. The van der Waals surface area contributed by atoms with Gasteiger partial charge in [-0.15, -0.1) is 0 Å². The number of carbonyl (C=O) groups excluding carboxylic acids is 1. The standard InChI is InChI=1S/C16H12F6N2O2/c1-9-5-4-7-11(23-9)13(25)24-10-6-2-3-8-12(10)26-16(21,22)14(17)15(18,19)20/h2-8,14H,1H3,(H,24,25)/t14-/m0/s1. The summed E-state index contributed by atoms with van der Waals surface area (Å²) < 4.78 is 80.4. The van der Waals surface area contributed by atoms with Crippen LogP contribution in [0.1, 0.15) is 16.2 Å². The van der Waals surface area contributed by atoms with E-state index in [2.05, 4.69) is 15.0 Å². The van der Waals surface area contributed by atoms with Gasteiger partial charge in [0, 0.05) is 5.69 Å². The van der Waals surface area contributed by atoms with Gasteiger partial charge in [-0.1, -0.05) is 18.2 Å². The fourth-order valence-corrected chi connectivity index (χ4v) is 1.90. The molecule has 1 heterocycles. The van der Waals surface area contributed by atoms with E-state index in [1.54, 1.807) is 13.0 Å². The lowest BCUT2D eigenvalue weighted by atomic mass is 10.2. The third kappa shape index (κ3) is 4.64.